The molecule has 0 amide bonds. The largest absolute Gasteiger partial charge is 0.306 e. The Balaban J connectivity index is 1.90. The Bertz CT molecular complexity index is 522. The van der Waals surface area contributed by atoms with Crippen molar-refractivity contribution < 1.29 is 4.39 Å². The maximum atomic E-state index is 13.5. The first-order valence-electron chi connectivity index (χ1n) is 6.08. The third-order valence-electron chi connectivity index (χ3n) is 2.74. The molecule has 18 heavy (non-hydrogen) atoms. The highest BCUT2D eigenvalue weighted by Crippen LogP contribution is 2.14. The molecular weight excluding hydrogens is 247 g/mol. The minimum atomic E-state index is -0.151. The Morgan fingerprint density at radius 3 is 2.89 bits per heavy atom. The van der Waals surface area contributed by atoms with Gasteiger partial charge in [-0.25, -0.2) is 9.37 Å². The summed E-state index contributed by atoms with van der Waals surface area (Å²) in [5.74, 6) is -0.151. The number of aryl methyl sites for hydroxylation is 2. The Labute approximate surface area is 111 Å². The van der Waals surface area contributed by atoms with Gasteiger partial charge in [-0.1, -0.05) is 24.6 Å². The molecule has 0 saturated heterocycles. The summed E-state index contributed by atoms with van der Waals surface area (Å²) in [5, 5.41) is 4.29. The van der Waals surface area contributed by atoms with E-state index < -0.39 is 0 Å². The highest BCUT2D eigenvalue weighted by atomic mass is 32.1. The number of benzene rings is 1. The Morgan fingerprint density at radius 2 is 2.17 bits per heavy atom. The Kier molecular flexibility index (Phi) is 4.44. The number of rotatable bonds is 5. The second-order valence-corrected chi connectivity index (χ2v) is 5.47. The summed E-state index contributed by atoms with van der Waals surface area (Å²) in [5.41, 5.74) is 1.79. The van der Waals surface area contributed by atoms with Gasteiger partial charge in [0, 0.05) is 29.7 Å². The van der Waals surface area contributed by atoms with E-state index in [1.54, 1.807) is 17.4 Å². The van der Waals surface area contributed by atoms with Crippen LogP contribution in [0, 0.1) is 12.7 Å². The maximum absolute atomic E-state index is 13.5. The quantitative estimate of drug-likeness (QED) is 0.894. The average Bonchev–Trinajstić information content (AvgIpc) is 2.81. The van der Waals surface area contributed by atoms with Crippen molar-refractivity contribution in [3.05, 3.63) is 51.2 Å². The molecule has 0 unspecified atom stereocenters. The van der Waals surface area contributed by atoms with Crippen molar-refractivity contribution >= 4 is 11.3 Å². The number of thiazole rings is 1. The topological polar surface area (TPSA) is 24.9 Å². The molecule has 0 aliphatic carbocycles. The van der Waals surface area contributed by atoms with E-state index in [9.17, 15) is 4.39 Å². The molecule has 1 N–H and O–H groups in total. The molecule has 2 rings (SSSR count). The average molecular weight is 264 g/mol. The molecule has 0 aliphatic rings. The van der Waals surface area contributed by atoms with Crippen LogP contribution in [0.3, 0.4) is 0 Å². The van der Waals surface area contributed by atoms with E-state index in [0.29, 0.717) is 18.7 Å². The van der Waals surface area contributed by atoms with Gasteiger partial charge in [0.25, 0.3) is 0 Å². The van der Waals surface area contributed by atoms with Gasteiger partial charge in [0.1, 0.15) is 10.8 Å². The van der Waals surface area contributed by atoms with Gasteiger partial charge in [0.15, 0.2) is 0 Å². The number of aromatic nitrogens is 1. The van der Waals surface area contributed by atoms with Crippen molar-refractivity contribution in [2.24, 2.45) is 0 Å². The van der Waals surface area contributed by atoms with Gasteiger partial charge < -0.3 is 5.32 Å². The lowest BCUT2D eigenvalue weighted by Gasteiger charge is -2.05. The monoisotopic (exact) mass is 264 g/mol. The SMILES string of the molecule is CCc1cnc(CNCc2cc(C)ccc2F)s1. The second kappa shape index (κ2) is 6.07. The number of halogens is 1. The molecule has 0 spiro atoms. The summed E-state index contributed by atoms with van der Waals surface area (Å²) >= 11 is 1.71. The highest BCUT2D eigenvalue weighted by Gasteiger charge is 2.03. The molecule has 96 valence electrons. The predicted octanol–water partition coefficient (Wildman–Crippen LogP) is 3.44. The standard InChI is InChI=1S/C14H17FN2S/c1-3-12-8-17-14(18-12)9-16-7-11-6-10(2)4-5-13(11)15/h4-6,8,16H,3,7,9H2,1-2H3. The summed E-state index contributed by atoms with van der Waals surface area (Å²) in [6, 6.07) is 5.18. The smallest absolute Gasteiger partial charge is 0.127 e. The molecule has 0 saturated carbocycles. The first kappa shape index (κ1) is 13.2. The number of hydrogen-bond donors (Lipinski definition) is 1. The molecule has 1 aromatic heterocycles. The van der Waals surface area contributed by atoms with Crippen LogP contribution < -0.4 is 5.32 Å². The summed E-state index contributed by atoms with van der Waals surface area (Å²) < 4.78 is 13.5. The first-order chi connectivity index (χ1) is 8.69. The van der Waals surface area contributed by atoms with Crippen molar-refractivity contribution in [2.45, 2.75) is 33.4 Å². The van der Waals surface area contributed by atoms with Crippen molar-refractivity contribution in [3.8, 4) is 0 Å². The lowest BCUT2D eigenvalue weighted by atomic mass is 10.1. The highest BCUT2D eigenvalue weighted by molar-refractivity contribution is 7.11. The van der Waals surface area contributed by atoms with Crippen LogP contribution in [0.2, 0.25) is 0 Å². The van der Waals surface area contributed by atoms with E-state index in [1.807, 2.05) is 19.2 Å². The lowest BCUT2D eigenvalue weighted by molar-refractivity contribution is 0.587. The van der Waals surface area contributed by atoms with E-state index in [4.69, 9.17) is 0 Å². The molecule has 1 aromatic carbocycles. The van der Waals surface area contributed by atoms with Crippen LogP contribution in [0.5, 0.6) is 0 Å². The molecule has 0 fully saturated rings. The van der Waals surface area contributed by atoms with E-state index in [0.717, 1.165) is 17.0 Å². The Morgan fingerprint density at radius 1 is 1.33 bits per heavy atom. The predicted molar refractivity (Wildman–Crippen MR) is 73.2 cm³/mol. The summed E-state index contributed by atoms with van der Waals surface area (Å²) in [7, 11) is 0. The van der Waals surface area contributed by atoms with E-state index in [2.05, 4.69) is 17.2 Å². The van der Waals surface area contributed by atoms with Gasteiger partial charge in [-0.2, -0.15) is 0 Å². The van der Waals surface area contributed by atoms with Crippen LogP contribution in [0.4, 0.5) is 4.39 Å². The van der Waals surface area contributed by atoms with Crippen LogP contribution in [0.1, 0.15) is 27.9 Å². The van der Waals surface area contributed by atoms with Crippen molar-refractivity contribution in [1.82, 2.24) is 10.3 Å². The Hall–Kier alpha value is -1.26. The molecule has 0 atom stereocenters. The molecule has 4 heteroatoms. The zero-order valence-electron chi connectivity index (χ0n) is 10.7. The maximum Gasteiger partial charge on any atom is 0.127 e. The molecular formula is C14H17FN2S. The molecule has 0 radical (unpaired) electrons. The normalized spacial score (nSPS) is 10.8. The van der Waals surface area contributed by atoms with Gasteiger partial charge in [-0.15, -0.1) is 11.3 Å². The van der Waals surface area contributed by atoms with Gasteiger partial charge >= 0.3 is 0 Å². The van der Waals surface area contributed by atoms with E-state index in [1.165, 1.54) is 10.9 Å². The molecule has 0 aliphatic heterocycles. The van der Waals surface area contributed by atoms with Crippen molar-refractivity contribution in [1.29, 1.82) is 0 Å². The van der Waals surface area contributed by atoms with Crippen molar-refractivity contribution in [2.75, 3.05) is 0 Å². The summed E-state index contributed by atoms with van der Waals surface area (Å²) in [6.45, 7) is 5.32. The minimum absolute atomic E-state index is 0.151. The number of nitrogens with zero attached hydrogens (tertiary/aromatic N) is 1. The van der Waals surface area contributed by atoms with E-state index in [-0.39, 0.29) is 5.82 Å². The van der Waals surface area contributed by atoms with Gasteiger partial charge in [0.2, 0.25) is 0 Å². The van der Waals surface area contributed by atoms with Crippen LogP contribution in [-0.2, 0) is 19.5 Å². The van der Waals surface area contributed by atoms with Crippen LogP contribution in [0.15, 0.2) is 24.4 Å². The van der Waals surface area contributed by atoms with Gasteiger partial charge in [0.05, 0.1) is 0 Å². The number of nitrogens with one attached hydrogen (secondary N) is 1. The molecule has 2 nitrogen and oxygen atoms in total. The fourth-order valence-corrected chi connectivity index (χ4v) is 2.57. The zero-order valence-corrected chi connectivity index (χ0v) is 11.5. The fraction of sp³-hybridized carbons (Fsp3) is 0.357. The zero-order chi connectivity index (χ0) is 13.0. The van der Waals surface area contributed by atoms with Crippen LogP contribution in [-0.4, -0.2) is 4.98 Å². The summed E-state index contributed by atoms with van der Waals surface area (Å²) in [4.78, 5) is 5.61. The lowest BCUT2D eigenvalue weighted by Crippen LogP contribution is -2.13. The fourth-order valence-electron chi connectivity index (χ4n) is 1.74. The minimum Gasteiger partial charge on any atom is -0.306 e. The third kappa shape index (κ3) is 3.37. The molecule has 1 heterocycles. The molecule has 2 aromatic rings. The molecule has 0 bridgehead atoms. The van der Waals surface area contributed by atoms with Crippen LogP contribution >= 0.6 is 11.3 Å². The number of hydrogen-bond acceptors (Lipinski definition) is 3. The first-order valence-corrected chi connectivity index (χ1v) is 6.90. The van der Waals surface area contributed by atoms with Crippen LogP contribution in [0.25, 0.3) is 0 Å². The van der Waals surface area contributed by atoms with Gasteiger partial charge in [-0.05, 0) is 19.4 Å². The second-order valence-electron chi connectivity index (χ2n) is 4.27. The van der Waals surface area contributed by atoms with E-state index >= 15 is 0 Å². The van der Waals surface area contributed by atoms with Gasteiger partial charge in [-0.3, -0.25) is 0 Å². The summed E-state index contributed by atoms with van der Waals surface area (Å²) in [6.07, 6.45) is 2.93. The van der Waals surface area contributed by atoms with Crippen molar-refractivity contribution in [3.63, 3.8) is 0 Å². The third-order valence-corrected chi connectivity index (χ3v) is 3.88.